The Kier molecular flexibility index (Phi) is 3.97. The molecular weight excluding hydrogens is 352 g/mol. The van der Waals surface area contributed by atoms with Crippen LogP contribution in [-0.2, 0) is 6.42 Å². The van der Waals surface area contributed by atoms with E-state index >= 15 is 0 Å². The van der Waals surface area contributed by atoms with Crippen molar-refractivity contribution in [3.63, 3.8) is 0 Å². The highest BCUT2D eigenvalue weighted by atomic mass is 16.2. The van der Waals surface area contributed by atoms with Gasteiger partial charge in [0.1, 0.15) is 5.82 Å². The van der Waals surface area contributed by atoms with Crippen LogP contribution in [-0.4, -0.2) is 26.2 Å². The number of anilines is 1. The third kappa shape index (κ3) is 3.07. The van der Waals surface area contributed by atoms with Gasteiger partial charge in [-0.1, -0.05) is 24.3 Å². The molecule has 0 fully saturated rings. The van der Waals surface area contributed by atoms with E-state index in [1.54, 1.807) is 24.7 Å². The zero-order valence-corrected chi connectivity index (χ0v) is 15.0. The maximum Gasteiger partial charge on any atom is 0.320 e. The normalized spacial score (nSPS) is 15.4. The van der Waals surface area contributed by atoms with Crippen LogP contribution in [0, 0.1) is 0 Å². The zero-order chi connectivity index (χ0) is 18.9. The van der Waals surface area contributed by atoms with E-state index in [0.29, 0.717) is 11.3 Å². The van der Waals surface area contributed by atoms with Crippen LogP contribution in [0.2, 0.25) is 0 Å². The first-order valence-corrected chi connectivity index (χ1v) is 9.17. The van der Waals surface area contributed by atoms with Gasteiger partial charge in [0, 0.05) is 23.5 Å². The van der Waals surface area contributed by atoms with E-state index in [1.165, 1.54) is 11.1 Å². The minimum Gasteiger partial charge on any atom is -0.331 e. The van der Waals surface area contributed by atoms with E-state index in [-0.39, 0.29) is 12.1 Å². The lowest BCUT2D eigenvalue weighted by atomic mass is 10.1. The van der Waals surface area contributed by atoms with Crippen molar-refractivity contribution in [3.05, 3.63) is 72.2 Å². The van der Waals surface area contributed by atoms with Crippen molar-refractivity contribution in [2.45, 2.75) is 18.9 Å². The van der Waals surface area contributed by atoms with Gasteiger partial charge in [0.2, 0.25) is 0 Å². The number of aromatic amines is 1. The molecule has 0 saturated heterocycles. The summed E-state index contributed by atoms with van der Waals surface area (Å²) in [7, 11) is 0. The van der Waals surface area contributed by atoms with Crippen LogP contribution in [0.25, 0.3) is 22.2 Å². The van der Waals surface area contributed by atoms with Gasteiger partial charge in [-0.3, -0.25) is 15.4 Å². The molecule has 0 spiro atoms. The molecule has 28 heavy (non-hydrogen) atoms. The quantitative estimate of drug-likeness (QED) is 0.511. The van der Waals surface area contributed by atoms with E-state index in [2.05, 4.69) is 42.9 Å². The van der Waals surface area contributed by atoms with E-state index in [4.69, 9.17) is 0 Å². The lowest BCUT2D eigenvalue weighted by Gasteiger charge is -2.14. The second kappa shape index (κ2) is 6.77. The van der Waals surface area contributed by atoms with Gasteiger partial charge in [0.25, 0.3) is 0 Å². The van der Waals surface area contributed by atoms with Crippen molar-refractivity contribution < 1.29 is 4.79 Å². The first kappa shape index (κ1) is 16.4. The topological polar surface area (TPSA) is 95.6 Å². The monoisotopic (exact) mass is 370 g/mol. The third-order valence-electron chi connectivity index (χ3n) is 5.05. The summed E-state index contributed by atoms with van der Waals surface area (Å²) in [6, 6.07) is 13.5. The number of rotatable bonds is 3. The van der Waals surface area contributed by atoms with E-state index in [0.717, 1.165) is 29.5 Å². The molecule has 0 unspecified atom stereocenters. The minimum absolute atomic E-state index is 0.0333. The Balaban J connectivity index is 1.34. The second-order valence-corrected chi connectivity index (χ2v) is 6.83. The van der Waals surface area contributed by atoms with Gasteiger partial charge >= 0.3 is 6.03 Å². The van der Waals surface area contributed by atoms with Crippen molar-refractivity contribution in [1.82, 2.24) is 25.5 Å². The number of H-pyrrole nitrogens is 1. The molecule has 0 radical (unpaired) electrons. The smallest absolute Gasteiger partial charge is 0.320 e. The molecule has 1 aromatic carbocycles. The predicted molar refractivity (Wildman–Crippen MR) is 107 cm³/mol. The summed E-state index contributed by atoms with van der Waals surface area (Å²) >= 11 is 0. The third-order valence-corrected chi connectivity index (χ3v) is 5.05. The van der Waals surface area contributed by atoms with E-state index in [9.17, 15) is 4.79 Å². The predicted octanol–water partition coefficient (Wildman–Crippen LogP) is 3.83. The van der Waals surface area contributed by atoms with E-state index in [1.807, 2.05) is 24.3 Å². The number of pyridine rings is 2. The molecule has 138 valence electrons. The van der Waals surface area contributed by atoms with Gasteiger partial charge in [0.05, 0.1) is 23.3 Å². The lowest BCUT2D eigenvalue weighted by molar-refractivity contribution is 0.248. The molecule has 5 rings (SSSR count). The van der Waals surface area contributed by atoms with Crippen molar-refractivity contribution in [2.24, 2.45) is 0 Å². The molecule has 3 aromatic heterocycles. The molecule has 1 aliphatic rings. The van der Waals surface area contributed by atoms with Crippen LogP contribution in [0.4, 0.5) is 10.6 Å². The van der Waals surface area contributed by atoms with Gasteiger partial charge in [-0.25, -0.2) is 9.78 Å². The van der Waals surface area contributed by atoms with Crippen LogP contribution in [0.5, 0.6) is 0 Å². The summed E-state index contributed by atoms with van der Waals surface area (Å²) in [5.74, 6) is 0.488. The average molecular weight is 370 g/mol. The zero-order valence-electron chi connectivity index (χ0n) is 15.0. The largest absolute Gasteiger partial charge is 0.331 e. The number of aromatic nitrogens is 4. The summed E-state index contributed by atoms with van der Waals surface area (Å²) in [5, 5.41) is 12.6. The molecule has 7 nitrogen and oxygen atoms in total. The van der Waals surface area contributed by atoms with Crippen molar-refractivity contribution in [1.29, 1.82) is 0 Å². The van der Waals surface area contributed by atoms with Crippen molar-refractivity contribution in [3.8, 4) is 11.1 Å². The molecule has 0 aliphatic heterocycles. The Morgan fingerprint density at radius 3 is 2.89 bits per heavy atom. The van der Waals surface area contributed by atoms with Crippen molar-refractivity contribution in [2.75, 3.05) is 5.32 Å². The number of aryl methyl sites for hydroxylation is 1. The highest BCUT2D eigenvalue weighted by molar-refractivity contribution is 5.90. The fourth-order valence-corrected chi connectivity index (χ4v) is 3.66. The van der Waals surface area contributed by atoms with Crippen LogP contribution in [0.1, 0.15) is 23.6 Å². The number of hydrogen-bond donors (Lipinski definition) is 3. The number of carbonyl (C=O) groups is 1. The molecule has 3 N–H and O–H groups in total. The number of hydrogen-bond acceptors (Lipinski definition) is 4. The maximum atomic E-state index is 12.5. The molecule has 4 aromatic rings. The fraction of sp³-hybridized carbons (Fsp3) is 0.143. The first-order chi connectivity index (χ1) is 13.8. The Hall–Kier alpha value is -3.74. The standard InChI is InChI=1S/C21H18N6O/c28-21(26-17-6-5-13-3-1-2-4-16(13)17)27-20-8-7-18-19(25-20)9-14(10-22-18)15-11-23-24-12-15/h1-4,7-12,17H,5-6H2,(H,23,24)(H2,25,26,27,28)/t17-/m0/s1. The highest BCUT2D eigenvalue weighted by Crippen LogP contribution is 2.30. The number of amides is 2. The SMILES string of the molecule is O=C(Nc1ccc2ncc(-c3cn[nH]c3)cc2n1)N[C@H]1CCc2ccccc21. The van der Waals surface area contributed by atoms with E-state index < -0.39 is 0 Å². The number of benzene rings is 1. The lowest BCUT2D eigenvalue weighted by Crippen LogP contribution is -2.31. The Morgan fingerprint density at radius 1 is 1.07 bits per heavy atom. The number of nitrogens with zero attached hydrogens (tertiary/aromatic N) is 3. The van der Waals surface area contributed by atoms with Crippen molar-refractivity contribution >= 4 is 22.9 Å². The average Bonchev–Trinajstić information content (AvgIpc) is 3.38. The number of nitrogens with one attached hydrogen (secondary N) is 3. The van der Waals surface area contributed by atoms with Crippen LogP contribution < -0.4 is 10.6 Å². The first-order valence-electron chi connectivity index (χ1n) is 9.17. The maximum absolute atomic E-state index is 12.5. The Bertz CT molecular complexity index is 1150. The number of fused-ring (bicyclic) bond motifs is 2. The Labute approximate surface area is 161 Å². The molecule has 0 bridgehead atoms. The summed E-state index contributed by atoms with van der Waals surface area (Å²) in [6.07, 6.45) is 7.22. The van der Waals surface area contributed by atoms with Crippen LogP contribution in [0.15, 0.2) is 61.1 Å². The molecule has 1 aliphatic carbocycles. The molecule has 1 atom stereocenters. The summed E-state index contributed by atoms with van der Waals surface area (Å²) < 4.78 is 0. The number of urea groups is 1. The highest BCUT2D eigenvalue weighted by Gasteiger charge is 2.23. The summed E-state index contributed by atoms with van der Waals surface area (Å²) in [4.78, 5) is 21.5. The van der Waals surface area contributed by atoms with Gasteiger partial charge in [0.15, 0.2) is 0 Å². The van der Waals surface area contributed by atoms with Gasteiger partial charge < -0.3 is 5.32 Å². The second-order valence-electron chi connectivity index (χ2n) is 6.83. The number of carbonyl (C=O) groups excluding carboxylic acids is 1. The molecule has 2 amide bonds. The minimum atomic E-state index is -0.257. The summed E-state index contributed by atoms with van der Waals surface area (Å²) in [5.41, 5.74) is 5.82. The van der Waals surface area contributed by atoms with Crippen LogP contribution in [0.3, 0.4) is 0 Å². The fourth-order valence-electron chi connectivity index (χ4n) is 3.66. The molecular formula is C21H18N6O. The molecule has 0 saturated carbocycles. The Morgan fingerprint density at radius 2 is 2.00 bits per heavy atom. The van der Waals surface area contributed by atoms with Crippen LogP contribution >= 0.6 is 0 Å². The molecule has 7 heteroatoms. The molecule has 3 heterocycles. The van der Waals surface area contributed by atoms with Gasteiger partial charge in [-0.05, 0) is 42.2 Å². The summed E-state index contributed by atoms with van der Waals surface area (Å²) in [6.45, 7) is 0. The van der Waals surface area contributed by atoms with Gasteiger partial charge in [-0.15, -0.1) is 0 Å². The van der Waals surface area contributed by atoms with Gasteiger partial charge in [-0.2, -0.15) is 5.10 Å².